The Morgan fingerprint density at radius 1 is 1.16 bits per heavy atom. The fourth-order valence-corrected chi connectivity index (χ4v) is 2.35. The maximum absolute atomic E-state index is 12.9. The number of halogens is 1. The zero-order valence-corrected chi connectivity index (χ0v) is 14.8. The maximum atomic E-state index is 12.9. The quantitative estimate of drug-likeness (QED) is 0.687. The van der Waals surface area contributed by atoms with Gasteiger partial charge in [0.2, 0.25) is 0 Å². The Morgan fingerprint density at radius 3 is 2.64 bits per heavy atom. The van der Waals surface area contributed by atoms with Gasteiger partial charge >= 0.3 is 0 Å². The molecule has 0 saturated heterocycles. The molecule has 1 aromatic carbocycles. The molecule has 2 rings (SSSR count). The molecule has 0 atom stereocenters. The first-order valence-corrected chi connectivity index (χ1v) is 8.42. The van der Waals surface area contributed by atoms with Crippen LogP contribution in [0.4, 0.5) is 10.1 Å². The number of carbonyl (C=O) groups excluding carboxylic acids is 1. The summed E-state index contributed by atoms with van der Waals surface area (Å²) in [5.41, 5.74) is 2.25. The molecule has 0 fully saturated rings. The number of nitrogens with one attached hydrogen (secondary N) is 2. The summed E-state index contributed by atoms with van der Waals surface area (Å²) in [6.07, 6.45) is 3.30. The lowest BCUT2D eigenvalue weighted by atomic mass is 10.1. The van der Waals surface area contributed by atoms with Crippen LogP contribution in [0, 0.1) is 5.82 Å². The van der Waals surface area contributed by atoms with E-state index in [2.05, 4.69) is 20.5 Å². The van der Waals surface area contributed by atoms with E-state index in [4.69, 9.17) is 0 Å². The normalized spacial score (nSPS) is 10.7. The number of amides is 1. The first-order valence-electron chi connectivity index (χ1n) is 8.42. The molecule has 5 nitrogen and oxygen atoms in total. The molecule has 2 aromatic rings. The van der Waals surface area contributed by atoms with Gasteiger partial charge in [0.05, 0.1) is 0 Å². The van der Waals surface area contributed by atoms with Gasteiger partial charge < -0.3 is 15.5 Å². The van der Waals surface area contributed by atoms with Crippen LogP contribution >= 0.6 is 0 Å². The summed E-state index contributed by atoms with van der Waals surface area (Å²) in [5, 5.41) is 6.14. The number of rotatable bonds is 9. The van der Waals surface area contributed by atoms with Gasteiger partial charge in [0.1, 0.15) is 11.5 Å². The second-order valence-corrected chi connectivity index (χ2v) is 6.15. The van der Waals surface area contributed by atoms with Crippen LogP contribution in [-0.4, -0.2) is 49.5 Å². The van der Waals surface area contributed by atoms with Gasteiger partial charge in [-0.3, -0.25) is 9.78 Å². The molecule has 2 N–H and O–H groups in total. The third kappa shape index (κ3) is 6.89. The summed E-state index contributed by atoms with van der Waals surface area (Å²) >= 11 is 0. The van der Waals surface area contributed by atoms with Gasteiger partial charge in [-0.15, -0.1) is 0 Å². The molecule has 25 heavy (non-hydrogen) atoms. The van der Waals surface area contributed by atoms with Crippen molar-refractivity contribution >= 4 is 11.6 Å². The van der Waals surface area contributed by atoms with Crippen LogP contribution in [0.25, 0.3) is 0 Å². The van der Waals surface area contributed by atoms with E-state index in [1.54, 1.807) is 24.4 Å². The van der Waals surface area contributed by atoms with Gasteiger partial charge in [-0.1, -0.05) is 12.1 Å². The van der Waals surface area contributed by atoms with Crippen LogP contribution < -0.4 is 10.6 Å². The van der Waals surface area contributed by atoms with Crippen molar-refractivity contribution < 1.29 is 9.18 Å². The molecule has 0 radical (unpaired) electrons. The minimum absolute atomic E-state index is 0.209. The van der Waals surface area contributed by atoms with Crippen molar-refractivity contribution in [3.05, 3.63) is 59.7 Å². The minimum atomic E-state index is -0.258. The van der Waals surface area contributed by atoms with Crippen LogP contribution in [0.3, 0.4) is 0 Å². The zero-order valence-electron chi connectivity index (χ0n) is 14.8. The van der Waals surface area contributed by atoms with E-state index in [1.807, 2.05) is 20.2 Å². The molecule has 0 unspecified atom stereocenters. The molecule has 0 aliphatic rings. The van der Waals surface area contributed by atoms with Crippen molar-refractivity contribution in [2.24, 2.45) is 0 Å². The van der Waals surface area contributed by atoms with Gasteiger partial charge in [-0.2, -0.15) is 0 Å². The first-order chi connectivity index (χ1) is 12.0. The fourth-order valence-electron chi connectivity index (χ4n) is 2.35. The Kier molecular flexibility index (Phi) is 7.35. The summed E-state index contributed by atoms with van der Waals surface area (Å²) in [4.78, 5) is 18.4. The van der Waals surface area contributed by atoms with Gasteiger partial charge in [0.15, 0.2) is 0 Å². The number of hydrogen-bond donors (Lipinski definition) is 2. The molecule has 0 saturated carbocycles. The van der Waals surface area contributed by atoms with Crippen LogP contribution in [0.2, 0.25) is 0 Å². The Labute approximate surface area is 148 Å². The number of benzene rings is 1. The molecule has 0 spiro atoms. The van der Waals surface area contributed by atoms with Crippen molar-refractivity contribution in [2.45, 2.75) is 12.8 Å². The van der Waals surface area contributed by atoms with Crippen molar-refractivity contribution in [3.8, 4) is 0 Å². The number of pyridine rings is 1. The monoisotopic (exact) mass is 344 g/mol. The van der Waals surface area contributed by atoms with Crippen molar-refractivity contribution in [3.63, 3.8) is 0 Å². The van der Waals surface area contributed by atoms with Crippen LogP contribution in [0.15, 0.2) is 42.6 Å². The average Bonchev–Trinajstić information content (AvgIpc) is 2.60. The lowest BCUT2D eigenvalue weighted by Gasteiger charge is -2.11. The summed E-state index contributed by atoms with van der Waals surface area (Å²) < 4.78 is 12.9. The van der Waals surface area contributed by atoms with Crippen LogP contribution in [0.1, 0.15) is 22.5 Å². The molecule has 1 amide bonds. The van der Waals surface area contributed by atoms with Crippen LogP contribution in [-0.2, 0) is 6.42 Å². The smallest absolute Gasteiger partial charge is 0.269 e. The van der Waals surface area contributed by atoms with Crippen LogP contribution in [0.5, 0.6) is 0 Å². The average molecular weight is 344 g/mol. The maximum Gasteiger partial charge on any atom is 0.269 e. The van der Waals surface area contributed by atoms with Crippen molar-refractivity contribution in [2.75, 3.05) is 39.0 Å². The van der Waals surface area contributed by atoms with E-state index in [0.717, 1.165) is 30.8 Å². The second kappa shape index (κ2) is 9.74. The summed E-state index contributed by atoms with van der Waals surface area (Å²) in [6.45, 7) is 2.33. The Bertz CT molecular complexity index is 673. The van der Waals surface area contributed by atoms with Gasteiger partial charge in [-0.25, -0.2) is 4.39 Å². The molecule has 1 aromatic heterocycles. The largest absolute Gasteiger partial charge is 0.385 e. The lowest BCUT2D eigenvalue weighted by Crippen LogP contribution is -2.26. The second-order valence-electron chi connectivity index (χ2n) is 6.15. The summed E-state index contributed by atoms with van der Waals surface area (Å²) in [5.74, 6) is -0.467. The first kappa shape index (κ1) is 18.9. The lowest BCUT2D eigenvalue weighted by molar-refractivity contribution is 0.0949. The number of anilines is 1. The summed E-state index contributed by atoms with van der Waals surface area (Å²) in [7, 11) is 4.08. The Balaban J connectivity index is 1.78. The van der Waals surface area contributed by atoms with E-state index in [0.29, 0.717) is 18.7 Å². The number of aromatic nitrogens is 1. The Morgan fingerprint density at radius 2 is 1.92 bits per heavy atom. The van der Waals surface area contributed by atoms with E-state index in [-0.39, 0.29) is 11.7 Å². The molecule has 134 valence electrons. The van der Waals surface area contributed by atoms with Gasteiger partial charge in [-0.05, 0) is 63.3 Å². The molecule has 0 aliphatic carbocycles. The standard InChI is InChI=1S/C19H25FN4O/c1-24(2)13-3-10-21-17-9-12-22-18(14-17)19(25)23-11-8-15-4-6-16(20)7-5-15/h4-7,9,12,14H,3,8,10-11,13H2,1-2H3,(H,21,22)(H,23,25). The number of hydrogen-bond acceptors (Lipinski definition) is 4. The number of nitrogens with zero attached hydrogens (tertiary/aromatic N) is 2. The highest BCUT2D eigenvalue weighted by Gasteiger charge is 2.07. The highest BCUT2D eigenvalue weighted by molar-refractivity contribution is 5.93. The predicted molar refractivity (Wildman–Crippen MR) is 98.3 cm³/mol. The van der Waals surface area contributed by atoms with Crippen molar-refractivity contribution in [1.82, 2.24) is 15.2 Å². The van der Waals surface area contributed by atoms with E-state index < -0.39 is 0 Å². The fraction of sp³-hybridized carbons (Fsp3) is 0.368. The highest BCUT2D eigenvalue weighted by Crippen LogP contribution is 2.08. The van der Waals surface area contributed by atoms with Gasteiger partial charge in [0, 0.05) is 25.0 Å². The van der Waals surface area contributed by atoms with Gasteiger partial charge in [0.25, 0.3) is 5.91 Å². The topological polar surface area (TPSA) is 57.3 Å². The summed E-state index contributed by atoms with van der Waals surface area (Å²) in [6, 6.07) is 9.89. The van der Waals surface area contributed by atoms with Crippen molar-refractivity contribution in [1.29, 1.82) is 0 Å². The SMILES string of the molecule is CN(C)CCCNc1ccnc(C(=O)NCCc2ccc(F)cc2)c1. The van der Waals surface area contributed by atoms with E-state index >= 15 is 0 Å². The molecular formula is C19H25FN4O. The molecule has 6 heteroatoms. The van der Waals surface area contributed by atoms with E-state index in [1.165, 1.54) is 12.1 Å². The molecule has 0 bridgehead atoms. The molecule has 1 heterocycles. The third-order valence-corrected chi connectivity index (χ3v) is 3.72. The highest BCUT2D eigenvalue weighted by atomic mass is 19.1. The van der Waals surface area contributed by atoms with E-state index in [9.17, 15) is 9.18 Å². The number of carbonyl (C=O) groups is 1. The minimum Gasteiger partial charge on any atom is -0.385 e. The Hall–Kier alpha value is -2.47. The predicted octanol–water partition coefficient (Wildman–Crippen LogP) is 2.56. The zero-order chi connectivity index (χ0) is 18.1. The molecular weight excluding hydrogens is 319 g/mol. The molecule has 0 aliphatic heterocycles. The third-order valence-electron chi connectivity index (χ3n) is 3.72.